The molecular weight excluding hydrogens is 289 g/mol. The van der Waals surface area contributed by atoms with Gasteiger partial charge in [0.15, 0.2) is 0 Å². The number of fused-ring (bicyclic) bond motifs is 1. The van der Waals surface area contributed by atoms with Gasteiger partial charge in [0.1, 0.15) is 0 Å². The van der Waals surface area contributed by atoms with E-state index in [4.69, 9.17) is 0 Å². The molecule has 4 rings (SSSR count). The largest absolute Gasteiger partial charge is 0.416 e. The highest BCUT2D eigenvalue weighted by Crippen LogP contribution is 2.48. The Morgan fingerprint density at radius 2 is 1.73 bits per heavy atom. The number of hydrogen-bond donors (Lipinski definition) is 1. The van der Waals surface area contributed by atoms with Crippen LogP contribution >= 0.6 is 0 Å². The number of nitrogens with zero attached hydrogens (tertiary/aromatic N) is 1. The van der Waals surface area contributed by atoms with Gasteiger partial charge in [-0.15, -0.1) is 0 Å². The van der Waals surface area contributed by atoms with E-state index < -0.39 is 11.7 Å². The number of benzene rings is 1. The maximum Gasteiger partial charge on any atom is 0.416 e. The quantitative estimate of drug-likeness (QED) is 0.897. The zero-order chi connectivity index (χ0) is 15.3. The molecule has 2 nitrogen and oxygen atoms in total. The second kappa shape index (κ2) is 5.15. The van der Waals surface area contributed by atoms with Gasteiger partial charge in [-0.05, 0) is 67.8 Å². The van der Waals surface area contributed by atoms with E-state index in [1.807, 2.05) is 0 Å². The Labute approximate surface area is 128 Å². The summed E-state index contributed by atoms with van der Waals surface area (Å²) in [6, 6.07) is 4.39. The van der Waals surface area contributed by atoms with Crippen LogP contribution in [0.1, 0.15) is 36.3 Å². The van der Waals surface area contributed by atoms with Crippen LogP contribution in [-0.2, 0) is 6.18 Å². The number of halogens is 3. The molecule has 1 aromatic carbocycles. The Balaban J connectivity index is 1.69. The van der Waals surface area contributed by atoms with Crippen LogP contribution in [0, 0.1) is 11.8 Å². The lowest BCUT2D eigenvalue weighted by Crippen LogP contribution is -2.29. The van der Waals surface area contributed by atoms with Crippen molar-refractivity contribution in [3.8, 4) is 0 Å². The SMILES string of the molecule is FC(F)(F)c1ccc(C2CCNCC2)c(N2C[C@H]3C[C@H]3C2)c1. The standard InChI is InChI=1S/C17H21F3N2/c18-17(19,20)14-1-2-15(11-3-5-21-6-4-11)16(8-14)22-9-12-7-13(12)10-22/h1-2,8,11-13,21H,3-7,9-10H2/t12-,13+. The molecule has 5 heteroatoms. The summed E-state index contributed by atoms with van der Waals surface area (Å²) in [6.07, 6.45) is -0.972. The molecule has 0 bridgehead atoms. The summed E-state index contributed by atoms with van der Waals surface area (Å²) in [5, 5.41) is 3.33. The fourth-order valence-electron chi connectivity index (χ4n) is 4.07. The molecule has 1 saturated carbocycles. The van der Waals surface area contributed by atoms with Gasteiger partial charge in [0.05, 0.1) is 5.56 Å². The maximum absolute atomic E-state index is 13.1. The third-order valence-electron chi connectivity index (χ3n) is 5.46. The third kappa shape index (κ3) is 2.60. The Kier molecular flexibility index (Phi) is 3.36. The van der Waals surface area contributed by atoms with Crippen LogP contribution in [0.15, 0.2) is 18.2 Å². The first-order valence-electron chi connectivity index (χ1n) is 8.19. The van der Waals surface area contributed by atoms with Crippen molar-refractivity contribution in [3.63, 3.8) is 0 Å². The molecule has 2 saturated heterocycles. The van der Waals surface area contributed by atoms with Crippen molar-refractivity contribution in [2.24, 2.45) is 11.8 Å². The highest BCUT2D eigenvalue weighted by Gasteiger charge is 2.46. The van der Waals surface area contributed by atoms with Crippen molar-refractivity contribution >= 4 is 5.69 Å². The third-order valence-corrected chi connectivity index (χ3v) is 5.46. The molecule has 1 N–H and O–H groups in total. The minimum absolute atomic E-state index is 0.385. The average Bonchev–Trinajstić information content (AvgIpc) is 3.13. The Hall–Kier alpha value is -1.23. The van der Waals surface area contributed by atoms with E-state index in [1.54, 1.807) is 6.07 Å². The van der Waals surface area contributed by atoms with E-state index >= 15 is 0 Å². The van der Waals surface area contributed by atoms with Crippen LogP contribution in [0.5, 0.6) is 0 Å². The van der Waals surface area contributed by atoms with Gasteiger partial charge in [-0.3, -0.25) is 0 Å². The van der Waals surface area contributed by atoms with Gasteiger partial charge in [-0.1, -0.05) is 6.07 Å². The second-order valence-electron chi connectivity index (χ2n) is 6.96. The summed E-state index contributed by atoms with van der Waals surface area (Å²) in [4.78, 5) is 2.20. The molecule has 3 fully saturated rings. The number of anilines is 1. The van der Waals surface area contributed by atoms with Crippen LogP contribution < -0.4 is 10.2 Å². The molecule has 1 aromatic rings. The molecule has 0 unspecified atom stereocenters. The van der Waals surface area contributed by atoms with E-state index in [0.29, 0.717) is 5.92 Å². The molecular formula is C17H21F3N2. The normalized spacial score (nSPS) is 28.8. The van der Waals surface area contributed by atoms with Gasteiger partial charge in [0.2, 0.25) is 0 Å². The van der Waals surface area contributed by atoms with E-state index in [2.05, 4.69) is 10.2 Å². The molecule has 0 amide bonds. The van der Waals surface area contributed by atoms with E-state index in [0.717, 1.165) is 62.1 Å². The van der Waals surface area contributed by atoms with Crippen molar-refractivity contribution in [2.75, 3.05) is 31.1 Å². The molecule has 1 aliphatic carbocycles. The molecule has 120 valence electrons. The molecule has 2 aliphatic heterocycles. The summed E-state index contributed by atoms with van der Waals surface area (Å²) in [5.74, 6) is 1.82. The summed E-state index contributed by atoms with van der Waals surface area (Å²) < 4.78 is 39.3. The van der Waals surface area contributed by atoms with E-state index in [1.165, 1.54) is 18.6 Å². The maximum atomic E-state index is 13.1. The number of rotatable bonds is 2. The monoisotopic (exact) mass is 310 g/mol. The van der Waals surface area contributed by atoms with Crippen molar-refractivity contribution in [1.82, 2.24) is 5.32 Å². The van der Waals surface area contributed by atoms with Crippen molar-refractivity contribution < 1.29 is 13.2 Å². The molecule has 0 spiro atoms. The van der Waals surface area contributed by atoms with Gasteiger partial charge in [0, 0.05) is 18.8 Å². The molecule has 22 heavy (non-hydrogen) atoms. The Bertz CT molecular complexity index is 554. The first-order chi connectivity index (χ1) is 10.5. The lowest BCUT2D eigenvalue weighted by Gasteiger charge is -2.30. The number of hydrogen-bond acceptors (Lipinski definition) is 2. The topological polar surface area (TPSA) is 15.3 Å². The highest BCUT2D eigenvalue weighted by molar-refractivity contribution is 5.59. The average molecular weight is 310 g/mol. The van der Waals surface area contributed by atoms with E-state index in [9.17, 15) is 13.2 Å². The van der Waals surface area contributed by atoms with Gasteiger partial charge in [-0.2, -0.15) is 13.2 Å². The van der Waals surface area contributed by atoms with Crippen LogP contribution in [-0.4, -0.2) is 26.2 Å². The second-order valence-corrected chi connectivity index (χ2v) is 6.96. The van der Waals surface area contributed by atoms with Crippen molar-refractivity contribution in [3.05, 3.63) is 29.3 Å². The molecule has 2 atom stereocenters. The molecule has 0 radical (unpaired) electrons. The van der Waals surface area contributed by atoms with Gasteiger partial charge in [0.25, 0.3) is 0 Å². The van der Waals surface area contributed by atoms with Crippen LogP contribution in [0.4, 0.5) is 18.9 Å². The molecule has 2 heterocycles. The summed E-state index contributed by atoms with van der Waals surface area (Å²) in [6.45, 7) is 3.78. The zero-order valence-electron chi connectivity index (χ0n) is 12.5. The Morgan fingerprint density at radius 3 is 2.36 bits per heavy atom. The van der Waals surface area contributed by atoms with E-state index in [-0.39, 0.29) is 0 Å². The lowest BCUT2D eigenvalue weighted by molar-refractivity contribution is -0.137. The minimum Gasteiger partial charge on any atom is -0.371 e. The van der Waals surface area contributed by atoms with Gasteiger partial charge >= 0.3 is 6.18 Å². The number of nitrogens with one attached hydrogen (secondary N) is 1. The predicted molar refractivity (Wildman–Crippen MR) is 80.1 cm³/mol. The minimum atomic E-state index is -4.26. The molecule has 3 aliphatic rings. The first-order valence-corrected chi connectivity index (χ1v) is 8.19. The summed E-state index contributed by atoms with van der Waals surface area (Å²) in [5.41, 5.74) is 1.45. The fraction of sp³-hybridized carbons (Fsp3) is 0.647. The summed E-state index contributed by atoms with van der Waals surface area (Å²) in [7, 11) is 0. The number of piperidine rings is 2. The van der Waals surface area contributed by atoms with Crippen molar-refractivity contribution in [1.29, 1.82) is 0 Å². The zero-order valence-corrected chi connectivity index (χ0v) is 12.5. The molecule has 0 aromatic heterocycles. The highest BCUT2D eigenvalue weighted by atomic mass is 19.4. The van der Waals surface area contributed by atoms with Gasteiger partial charge in [-0.25, -0.2) is 0 Å². The predicted octanol–water partition coefficient (Wildman–Crippen LogP) is 3.63. The first kappa shape index (κ1) is 14.4. The number of alkyl halides is 3. The smallest absolute Gasteiger partial charge is 0.371 e. The summed E-state index contributed by atoms with van der Waals surface area (Å²) >= 11 is 0. The van der Waals surface area contributed by atoms with Crippen LogP contribution in [0.25, 0.3) is 0 Å². The van der Waals surface area contributed by atoms with Crippen molar-refractivity contribution in [2.45, 2.75) is 31.4 Å². The van der Waals surface area contributed by atoms with Crippen LogP contribution in [0.2, 0.25) is 0 Å². The van der Waals surface area contributed by atoms with Gasteiger partial charge < -0.3 is 10.2 Å². The Morgan fingerprint density at radius 1 is 1.05 bits per heavy atom. The lowest BCUT2D eigenvalue weighted by atomic mass is 9.88. The fourth-order valence-corrected chi connectivity index (χ4v) is 4.07. The van der Waals surface area contributed by atoms with Crippen LogP contribution in [0.3, 0.4) is 0 Å².